The van der Waals surface area contributed by atoms with Gasteiger partial charge in [-0.15, -0.1) is 0 Å². The quantitative estimate of drug-likeness (QED) is 0.0288. The molecule has 0 aliphatic carbocycles. The molecule has 1 aromatic carbocycles. The number of aliphatic carboxylic acids is 4. The second kappa shape index (κ2) is 62.1. The van der Waals surface area contributed by atoms with E-state index in [2.05, 4.69) is 95.7 Å². The number of primary amides is 1. The average molecular weight is 2060 g/mol. The van der Waals surface area contributed by atoms with Crippen molar-refractivity contribution < 1.29 is 156 Å². The predicted octanol–water partition coefficient (Wildman–Crippen LogP) is -8.38. The molecule has 0 aromatic heterocycles. The van der Waals surface area contributed by atoms with Gasteiger partial charge >= 0.3 is 23.9 Å². The average Bonchev–Trinajstić information content (AvgIpc) is 1.67. The van der Waals surface area contributed by atoms with Gasteiger partial charge in [-0.2, -0.15) is 0 Å². The van der Waals surface area contributed by atoms with Gasteiger partial charge in [0.1, 0.15) is 115 Å². The number of amides is 20. The summed E-state index contributed by atoms with van der Waals surface area (Å²) in [6, 6.07) is -21.9. The molecule has 0 bridgehead atoms. The SMILES string of the molecule is CC[C@H](C)[C@H](NC(=O)[C@H](CC(N)=O)NC(=O)[C@@H](N)[C@@H](C)O)C(=O)N[C@@H](C)C(=O)N[C@@H](CCC(=O)O)C(=O)N[C@H](C(=O)N[C@@H](CO)C(=O)N[C@@H](CC(C)C)C(=O)N[C@H](C(=O)N[C@H](C(=O)N[C@@H](CC(=O)O)C(=O)NCC(=O)N[C@H](C(=O)N[C@H](C(=O)N[C@@H](Cc1ccccc1)C(=O)N[C@H](C(=O)N[C@H](C(=O)N[C@@H](CC(=O)O)C(=O)N1CCC[C@H]1C(=O)NCC(=O)O)[C@@H](C)CC)C(C)C)C(C)C)C(C)C)[C@@H](C)CC)[C@@H](C)O)[C@@H](C)O. The van der Waals surface area contributed by atoms with Gasteiger partial charge in [-0.25, -0.2) is 0 Å². The van der Waals surface area contributed by atoms with Crippen LogP contribution in [0.4, 0.5) is 0 Å². The molecule has 20 amide bonds. The first-order valence-electron chi connectivity index (χ1n) is 47.9. The van der Waals surface area contributed by atoms with E-state index in [1.54, 1.807) is 99.6 Å². The molecule has 1 aromatic rings. The normalized spacial score (nSPS) is 17.1. The van der Waals surface area contributed by atoms with E-state index < -0.39 is 362 Å². The summed E-state index contributed by atoms with van der Waals surface area (Å²) in [4.78, 5) is 326. The summed E-state index contributed by atoms with van der Waals surface area (Å²) in [6.45, 7) is 23.1. The van der Waals surface area contributed by atoms with Crippen LogP contribution in [0.2, 0.25) is 0 Å². The molecule has 0 unspecified atom stereocenters. The maximum atomic E-state index is 14.7. The number of nitrogens with two attached hydrogens (primary N) is 2. The number of carbonyl (C=O) groups is 24. The molecule has 0 radical (unpaired) electrons. The van der Waals surface area contributed by atoms with Crippen molar-refractivity contribution in [2.75, 3.05) is 26.2 Å². The van der Waals surface area contributed by atoms with Gasteiger partial charge < -0.3 is 153 Å². The third-order valence-electron chi connectivity index (χ3n) is 23.9. The highest BCUT2D eigenvalue weighted by Crippen LogP contribution is 2.23. The lowest BCUT2D eigenvalue weighted by molar-refractivity contribution is -0.146. The maximum absolute atomic E-state index is 14.7. The van der Waals surface area contributed by atoms with Crippen molar-refractivity contribution in [1.29, 1.82) is 0 Å². The van der Waals surface area contributed by atoms with Gasteiger partial charge in [0, 0.05) is 19.4 Å². The molecule has 2 rings (SSSR count). The standard InChI is InChI=1S/C92H149N21O32/c1-19-44(12)70(108-80(133)55(34-60(93)118)100-83(136)66(94)48(16)115)87(140)97-47(15)75(128)98-52(29-30-62(120)121)77(130)111-73(49(17)116)90(143)104-58(39-114)81(134)99-53(32-40(4)5)78(131)112-74(50(18)117)91(144)110-71(45(13)20-2)88(141)102-56(35-63(122)123)76(129)95-37-61(119)105-67(41(6)7)85(138)107-68(42(8)9)84(137)101-54(33-51-26-23-22-24-27-51)79(132)106-69(43(10)11)86(139)109-72(46(14)21-3)89(142)103-57(36-64(124)125)92(145)113-31-25-28-59(113)82(135)96-38-65(126)127/h22-24,26-27,40-50,52-59,66-74,114-117H,19-21,25,28-39,94H2,1-18H3,(H2,93,118)(H,95,129)(H,96,135)(H,97,140)(H,98,128)(H,99,134)(H,100,136)(H,101,137)(H,102,141)(H,103,142)(H,104,143)(H,105,119)(H,106,132)(H,107,138)(H,108,133)(H,109,139)(H,110,144)(H,111,130)(H,112,131)(H,120,121)(H,122,123)(H,124,125)(H,126,127)/t44-,45-,46-,47-,48+,49+,50+,52-,53-,54-,55-,56-,57-,58-,59-,66-,67-,68-,69-,70-,71-,72-,73-,74-/m0/s1. The number of hydrogen-bond donors (Lipinski definition) is 28. The Balaban J connectivity index is 2.37. The Kier molecular flexibility index (Phi) is 54.5. The molecule has 30 N–H and O–H groups in total. The first-order chi connectivity index (χ1) is 67.6. The molecule has 1 saturated heterocycles. The smallest absolute Gasteiger partial charge is 0.322 e. The lowest BCUT2D eigenvalue weighted by Gasteiger charge is -2.32. The lowest BCUT2D eigenvalue weighted by Crippen LogP contribution is -2.63. The molecule has 1 aliphatic rings. The fourth-order valence-corrected chi connectivity index (χ4v) is 14.7. The second-order valence-corrected chi connectivity index (χ2v) is 37.6. The zero-order valence-electron chi connectivity index (χ0n) is 84.8. The lowest BCUT2D eigenvalue weighted by atomic mass is 9.95. The molecule has 53 nitrogen and oxygen atoms in total. The summed E-state index contributed by atoms with van der Waals surface area (Å²) in [5.74, 6) is -33.2. The fourth-order valence-electron chi connectivity index (χ4n) is 14.7. The van der Waals surface area contributed by atoms with Gasteiger partial charge in [0.05, 0.1) is 50.7 Å². The van der Waals surface area contributed by atoms with E-state index in [9.17, 15) is 151 Å². The highest BCUT2D eigenvalue weighted by atomic mass is 16.4. The summed E-state index contributed by atoms with van der Waals surface area (Å²) in [6.07, 6.45) is -9.12. The maximum Gasteiger partial charge on any atom is 0.322 e. The van der Waals surface area contributed by atoms with Crippen LogP contribution in [0.3, 0.4) is 0 Å². The van der Waals surface area contributed by atoms with Crippen molar-refractivity contribution in [3.8, 4) is 0 Å². The summed E-state index contributed by atoms with van der Waals surface area (Å²) in [5, 5.41) is 123. The first-order valence-corrected chi connectivity index (χ1v) is 47.9. The zero-order chi connectivity index (χ0) is 111. The van der Waals surface area contributed by atoms with Gasteiger partial charge in [0.25, 0.3) is 0 Å². The molecule has 24 atom stereocenters. The van der Waals surface area contributed by atoms with Crippen molar-refractivity contribution in [2.24, 2.45) is 52.9 Å². The van der Waals surface area contributed by atoms with Crippen molar-refractivity contribution in [1.82, 2.24) is 101 Å². The summed E-state index contributed by atoms with van der Waals surface area (Å²) in [5.41, 5.74) is 11.5. The Hall–Kier alpha value is -13.7. The zero-order valence-corrected chi connectivity index (χ0v) is 84.8. The van der Waals surface area contributed by atoms with E-state index in [-0.39, 0.29) is 51.5 Å². The van der Waals surface area contributed by atoms with Crippen LogP contribution in [-0.2, 0) is 121 Å². The minimum Gasteiger partial charge on any atom is -0.481 e. The van der Waals surface area contributed by atoms with Gasteiger partial charge in [-0.3, -0.25) is 115 Å². The number of hydrogen-bond acceptors (Lipinski definition) is 29. The molecule has 0 spiro atoms. The highest BCUT2D eigenvalue weighted by Gasteiger charge is 2.45. The Morgan fingerprint density at radius 1 is 0.366 bits per heavy atom. The minimum atomic E-state index is -2.08. The number of rotatable bonds is 64. The fraction of sp³-hybridized carbons (Fsp3) is 0.674. The second-order valence-electron chi connectivity index (χ2n) is 37.6. The predicted molar refractivity (Wildman–Crippen MR) is 513 cm³/mol. The first kappa shape index (κ1) is 127. The van der Waals surface area contributed by atoms with Crippen LogP contribution in [-0.4, -0.2) is 341 Å². The van der Waals surface area contributed by atoms with Crippen LogP contribution in [0.5, 0.6) is 0 Å². The van der Waals surface area contributed by atoms with Crippen molar-refractivity contribution >= 4 is 142 Å². The number of aliphatic hydroxyl groups excluding tert-OH is 4. The number of benzene rings is 1. The molecule has 814 valence electrons. The Morgan fingerprint density at radius 3 is 1.18 bits per heavy atom. The van der Waals surface area contributed by atoms with Crippen LogP contribution in [0, 0.1) is 41.4 Å². The number of likely N-dealkylation sites (tertiary alicyclic amines) is 1. The number of carboxylic acid groups (broad SMARTS) is 4. The Morgan fingerprint density at radius 2 is 0.731 bits per heavy atom. The van der Waals surface area contributed by atoms with E-state index in [0.717, 1.165) is 25.7 Å². The van der Waals surface area contributed by atoms with Gasteiger partial charge in [-0.1, -0.05) is 147 Å². The molecule has 145 heavy (non-hydrogen) atoms. The van der Waals surface area contributed by atoms with Crippen LogP contribution < -0.4 is 107 Å². The van der Waals surface area contributed by atoms with Gasteiger partial charge in [0.2, 0.25) is 118 Å². The van der Waals surface area contributed by atoms with Crippen molar-refractivity contribution in [3.63, 3.8) is 0 Å². The molecule has 1 fully saturated rings. The largest absolute Gasteiger partial charge is 0.481 e. The summed E-state index contributed by atoms with van der Waals surface area (Å²) >= 11 is 0. The number of aliphatic hydroxyl groups is 4. The topological polar surface area (TPSA) is 843 Å². The van der Waals surface area contributed by atoms with Crippen LogP contribution in [0.15, 0.2) is 30.3 Å². The summed E-state index contributed by atoms with van der Waals surface area (Å²) in [7, 11) is 0. The van der Waals surface area contributed by atoms with Crippen molar-refractivity contribution in [3.05, 3.63) is 35.9 Å². The molecule has 0 saturated carbocycles. The minimum absolute atomic E-state index is 0.0400. The van der Waals surface area contributed by atoms with E-state index in [4.69, 9.17) is 16.6 Å². The van der Waals surface area contributed by atoms with E-state index in [1.807, 2.05) is 0 Å². The van der Waals surface area contributed by atoms with E-state index >= 15 is 0 Å². The molecule has 1 aliphatic heterocycles. The number of carboxylic acids is 4. The number of nitrogens with one attached hydrogen (secondary N) is 18. The molecular weight excluding hydrogens is 1910 g/mol. The molecule has 1 heterocycles. The van der Waals surface area contributed by atoms with Crippen molar-refractivity contribution in [2.45, 2.75) is 329 Å². The number of nitrogens with zero attached hydrogens (tertiary/aromatic N) is 1. The van der Waals surface area contributed by atoms with E-state index in [0.29, 0.717) is 5.56 Å². The molecular formula is C92H149N21O32. The summed E-state index contributed by atoms with van der Waals surface area (Å²) < 4.78 is 0. The highest BCUT2D eigenvalue weighted by molar-refractivity contribution is 6.03. The van der Waals surface area contributed by atoms with E-state index in [1.165, 1.54) is 34.6 Å². The Bertz CT molecular complexity index is 4670. The van der Waals surface area contributed by atoms with Crippen LogP contribution in [0.1, 0.15) is 201 Å². The van der Waals surface area contributed by atoms with Crippen LogP contribution >= 0.6 is 0 Å². The Labute approximate surface area is 838 Å². The monoisotopic (exact) mass is 2060 g/mol. The van der Waals surface area contributed by atoms with Gasteiger partial charge in [-0.05, 0) is 100 Å². The third-order valence-corrected chi connectivity index (χ3v) is 23.9. The third kappa shape index (κ3) is 43.0. The molecule has 53 heteroatoms. The number of carbonyl (C=O) groups excluding carboxylic acids is 20. The van der Waals surface area contributed by atoms with Gasteiger partial charge in [0.15, 0.2) is 0 Å². The van der Waals surface area contributed by atoms with Crippen LogP contribution in [0.25, 0.3) is 0 Å².